The lowest BCUT2D eigenvalue weighted by molar-refractivity contribution is -0.147. The normalized spacial score (nSPS) is 34.5. The third kappa shape index (κ3) is 3.26. The highest BCUT2D eigenvalue weighted by Crippen LogP contribution is 2.60. The molecule has 4 aliphatic carbocycles. The highest BCUT2D eigenvalue weighted by Gasteiger charge is 2.54. The highest BCUT2D eigenvalue weighted by atomic mass is 32.1. The van der Waals surface area contributed by atoms with Crippen LogP contribution in [0.2, 0.25) is 0 Å². The van der Waals surface area contributed by atoms with Crippen molar-refractivity contribution >= 4 is 24.4 Å². The minimum atomic E-state index is -0.0767. The number of carbonyl (C=O) groups excluding carboxylic acids is 2. The fraction of sp³-hybridized carbons (Fsp3) is 0.652. The van der Waals surface area contributed by atoms with Crippen molar-refractivity contribution in [3.05, 3.63) is 29.8 Å². The third-order valence-electron chi connectivity index (χ3n) is 7.77. The molecule has 1 aliphatic heterocycles. The molecular formula is C23H30N2O2S. The van der Waals surface area contributed by atoms with Gasteiger partial charge in [-0.1, -0.05) is 12.1 Å². The van der Waals surface area contributed by atoms with Crippen LogP contribution in [-0.4, -0.2) is 35.8 Å². The predicted octanol–water partition coefficient (Wildman–Crippen LogP) is 3.91. The number of nitrogens with one attached hydrogen (secondary N) is 1. The van der Waals surface area contributed by atoms with Crippen molar-refractivity contribution in [2.24, 2.45) is 23.2 Å². The Morgan fingerprint density at radius 1 is 0.964 bits per heavy atom. The Balaban J connectivity index is 1.18. The average Bonchev–Trinajstić information content (AvgIpc) is 2.67. The molecule has 1 N–H and O–H groups in total. The molecule has 1 heterocycles. The second-order valence-electron chi connectivity index (χ2n) is 9.75. The smallest absolute Gasteiger partial charge is 0.254 e. The molecule has 4 nitrogen and oxygen atoms in total. The lowest BCUT2D eigenvalue weighted by atomic mass is 9.49. The van der Waals surface area contributed by atoms with Crippen LogP contribution < -0.4 is 5.32 Å². The van der Waals surface area contributed by atoms with E-state index in [-0.39, 0.29) is 17.4 Å². The van der Waals surface area contributed by atoms with E-state index in [9.17, 15) is 9.59 Å². The zero-order chi connectivity index (χ0) is 19.3. The summed E-state index contributed by atoms with van der Waals surface area (Å²) in [6.07, 6.45) is 9.11. The minimum Gasteiger partial charge on any atom is -0.353 e. The van der Waals surface area contributed by atoms with E-state index in [1.165, 1.54) is 19.3 Å². The molecule has 0 unspecified atom stereocenters. The molecule has 1 saturated heterocycles. The summed E-state index contributed by atoms with van der Waals surface area (Å²) in [6.45, 7) is 1.40. The van der Waals surface area contributed by atoms with E-state index < -0.39 is 0 Å². The van der Waals surface area contributed by atoms with Gasteiger partial charge in [0.05, 0.1) is 5.56 Å². The van der Waals surface area contributed by atoms with Crippen LogP contribution in [0.5, 0.6) is 0 Å². The van der Waals surface area contributed by atoms with E-state index in [1.807, 2.05) is 29.2 Å². The molecule has 6 rings (SSSR count). The number of thiol groups is 1. The van der Waals surface area contributed by atoms with Crippen LogP contribution in [0.25, 0.3) is 0 Å². The summed E-state index contributed by atoms with van der Waals surface area (Å²) in [5.74, 6) is 2.74. The molecule has 5 heteroatoms. The number of rotatable bonds is 3. The summed E-state index contributed by atoms with van der Waals surface area (Å²) in [4.78, 5) is 28.6. The lowest BCUT2D eigenvalue weighted by Crippen LogP contribution is -2.56. The number of carbonyl (C=O) groups is 2. The van der Waals surface area contributed by atoms with Gasteiger partial charge in [0.2, 0.25) is 5.91 Å². The van der Waals surface area contributed by atoms with E-state index in [1.54, 1.807) is 0 Å². The molecule has 0 aromatic heterocycles. The molecule has 2 amide bonds. The largest absolute Gasteiger partial charge is 0.353 e. The van der Waals surface area contributed by atoms with Crippen LogP contribution in [-0.2, 0) is 4.79 Å². The van der Waals surface area contributed by atoms with Gasteiger partial charge in [-0.3, -0.25) is 9.59 Å². The van der Waals surface area contributed by atoms with Crippen LogP contribution >= 0.6 is 12.6 Å². The van der Waals surface area contributed by atoms with Gasteiger partial charge in [0.1, 0.15) is 0 Å². The molecule has 28 heavy (non-hydrogen) atoms. The van der Waals surface area contributed by atoms with Gasteiger partial charge in [-0.25, -0.2) is 0 Å². The van der Waals surface area contributed by atoms with Crippen molar-refractivity contribution < 1.29 is 9.59 Å². The summed E-state index contributed by atoms with van der Waals surface area (Å²) >= 11 is 4.42. The van der Waals surface area contributed by atoms with Crippen LogP contribution in [0.3, 0.4) is 0 Å². The minimum absolute atomic E-state index is 0.0523. The van der Waals surface area contributed by atoms with E-state index >= 15 is 0 Å². The Labute approximate surface area is 172 Å². The molecule has 5 aliphatic rings. The van der Waals surface area contributed by atoms with Crippen molar-refractivity contribution in [2.75, 3.05) is 13.1 Å². The van der Waals surface area contributed by atoms with E-state index in [0.717, 1.165) is 54.8 Å². The average molecular weight is 399 g/mol. The number of likely N-dealkylation sites (tertiary alicyclic amines) is 1. The number of benzene rings is 1. The van der Waals surface area contributed by atoms with Gasteiger partial charge in [-0.2, -0.15) is 0 Å². The maximum atomic E-state index is 13.2. The molecular weight excluding hydrogens is 368 g/mol. The molecule has 5 fully saturated rings. The van der Waals surface area contributed by atoms with E-state index in [0.29, 0.717) is 24.6 Å². The van der Waals surface area contributed by atoms with Gasteiger partial charge in [0.15, 0.2) is 0 Å². The summed E-state index contributed by atoms with van der Waals surface area (Å²) in [5, 5.41) is 3.39. The first-order valence-corrected chi connectivity index (χ1v) is 11.4. The Kier molecular flexibility index (Phi) is 4.69. The van der Waals surface area contributed by atoms with Crippen molar-refractivity contribution in [1.29, 1.82) is 0 Å². The Morgan fingerprint density at radius 2 is 1.54 bits per heavy atom. The van der Waals surface area contributed by atoms with E-state index in [2.05, 4.69) is 17.9 Å². The van der Waals surface area contributed by atoms with Gasteiger partial charge < -0.3 is 10.2 Å². The van der Waals surface area contributed by atoms with Crippen molar-refractivity contribution in [3.63, 3.8) is 0 Å². The quantitative estimate of drug-likeness (QED) is 0.759. The zero-order valence-corrected chi connectivity index (χ0v) is 17.3. The van der Waals surface area contributed by atoms with Gasteiger partial charge in [0.25, 0.3) is 5.91 Å². The van der Waals surface area contributed by atoms with Crippen molar-refractivity contribution in [3.8, 4) is 0 Å². The molecule has 1 aromatic carbocycles. The first kappa shape index (κ1) is 18.5. The van der Waals surface area contributed by atoms with Crippen LogP contribution in [0, 0.1) is 23.2 Å². The molecule has 0 spiro atoms. The van der Waals surface area contributed by atoms with Crippen LogP contribution in [0.1, 0.15) is 61.7 Å². The standard InChI is InChI=1S/C23H30N2O2S/c26-21(19-3-1-2-4-20(19)28)25-7-5-18(6-8-25)24-22(27)23-12-15-9-16(13-23)11-17(10-15)14-23/h1-4,15-18,28H,5-14H2,(H,24,27). The number of amides is 2. The zero-order valence-electron chi connectivity index (χ0n) is 16.4. The topological polar surface area (TPSA) is 49.4 Å². The van der Waals surface area contributed by atoms with Gasteiger partial charge in [-0.15, -0.1) is 12.6 Å². The SMILES string of the molecule is O=C(c1ccccc1S)N1CCC(NC(=O)C23CC4CC(CC(C4)C2)C3)CC1. The number of hydrogen-bond donors (Lipinski definition) is 2. The van der Waals surface area contributed by atoms with Crippen molar-refractivity contribution in [1.82, 2.24) is 10.2 Å². The number of nitrogens with zero attached hydrogens (tertiary/aromatic N) is 1. The van der Waals surface area contributed by atoms with Crippen LogP contribution in [0.15, 0.2) is 29.2 Å². The maximum Gasteiger partial charge on any atom is 0.254 e. The fourth-order valence-corrected chi connectivity index (χ4v) is 7.04. The summed E-state index contributed by atoms with van der Waals surface area (Å²) in [6, 6.07) is 7.67. The molecule has 0 radical (unpaired) electrons. The lowest BCUT2D eigenvalue weighted by Gasteiger charge is -2.56. The molecule has 150 valence electrons. The Hall–Kier alpha value is -1.49. The maximum absolute atomic E-state index is 13.2. The predicted molar refractivity (Wildman–Crippen MR) is 111 cm³/mol. The third-order valence-corrected chi connectivity index (χ3v) is 8.16. The van der Waals surface area contributed by atoms with Crippen LogP contribution in [0.4, 0.5) is 0 Å². The number of hydrogen-bond acceptors (Lipinski definition) is 3. The van der Waals surface area contributed by atoms with Gasteiger partial charge in [0, 0.05) is 29.4 Å². The van der Waals surface area contributed by atoms with Crippen molar-refractivity contribution in [2.45, 2.75) is 62.3 Å². The fourth-order valence-electron chi connectivity index (χ4n) is 6.78. The summed E-state index contributed by atoms with van der Waals surface area (Å²) in [5.41, 5.74) is 0.592. The monoisotopic (exact) mass is 398 g/mol. The second-order valence-corrected chi connectivity index (χ2v) is 10.2. The Morgan fingerprint density at radius 3 is 2.11 bits per heavy atom. The first-order chi connectivity index (χ1) is 13.5. The Bertz CT molecular complexity index is 749. The molecule has 1 aromatic rings. The molecule has 4 bridgehead atoms. The van der Waals surface area contributed by atoms with Gasteiger partial charge in [-0.05, 0) is 81.3 Å². The van der Waals surface area contributed by atoms with Gasteiger partial charge >= 0.3 is 0 Å². The first-order valence-electron chi connectivity index (χ1n) is 10.9. The highest BCUT2D eigenvalue weighted by molar-refractivity contribution is 7.80. The number of piperidine rings is 1. The van der Waals surface area contributed by atoms with E-state index in [4.69, 9.17) is 0 Å². The molecule has 0 atom stereocenters. The summed E-state index contributed by atoms with van der Waals surface area (Å²) in [7, 11) is 0. The molecule has 4 saturated carbocycles. The second kappa shape index (κ2) is 7.08. The summed E-state index contributed by atoms with van der Waals surface area (Å²) < 4.78 is 0.